The van der Waals surface area contributed by atoms with Gasteiger partial charge >= 0.3 is 0 Å². The maximum Gasteiger partial charge on any atom is 0.225 e. The van der Waals surface area contributed by atoms with E-state index in [1.165, 1.54) is 16.7 Å². The molecule has 0 unspecified atom stereocenters. The molecular formula is C24H26N2O2. The number of hydrogen-bond donors (Lipinski definition) is 1. The van der Waals surface area contributed by atoms with Crippen LogP contribution in [0, 0.1) is 13.8 Å². The first-order chi connectivity index (χ1) is 13.6. The summed E-state index contributed by atoms with van der Waals surface area (Å²) in [6.45, 7) is 4.57. The summed E-state index contributed by atoms with van der Waals surface area (Å²) in [6.07, 6.45) is 3.78. The zero-order valence-electron chi connectivity index (χ0n) is 16.4. The number of rotatable bonds is 8. The van der Waals surface area contributed by atoms with E-state index in [-0.39, 0.29) is 5.91 Å². The van der Waals surface area contributed by atoms with Crippen molar-refractivity contribution in [3.05, 3.63) is 89.1 Å². The summed E-state index contributed by atoms with van der Waals surface area (Å²) in [6, 6.07) is 20.1. The maximum atomic E-state index is 12.3. The molecule has 28 heavy (non-hydrogen) atoms. The highest BCUT2D eigenvalue weighted by atomic mass is 16.5. The van der Waals surface area contributed by atoms with Crippen molar-refractivity contribution in [1.82, 2.24) is 4.98 Å². The number of aryl methyl sites for hydroxylation is 3. The number of carbonyl (C=O) groups is 1. The molecule has 1 amide bonds. The highest BCUT2D eigenvalue weighted by molar-refractivity contribution is 5.91. The molecule has 0 bridgehead atoms. The minimum absolute atomic E-state index is 0.0495. The van der Waals surface area contributed by atoms with Gasteiger partial charge in [-0.2, -0.15) is 0 Å². The molecule has 0 aliphatic rings. The standard InChI is InChI=1S/C24H26N2O2/c1-18-12-14-20(15-13-18)8-5-11-23(27)26-24-22(10-6-16-25-24)28-17-21-9-4-3-7-19(21)2/h3-4,6-7,9-10,12-16H,5,8,11,17H2,1-2H3,(H,25,26,27). The zero-order chi connectivity index (χ0) is 19.8. The molecular weight excluding hydrogens is 348 g/mol. The third-order valence-electron chi connectivity index (χ3n) is 4.66. The Morgan fingerprint density at radius 2 is 1.79 bits per heavy atom. The monoisotopic (exact) mass is 374 g/mol. The van der Waals surface area contributed by atoms with Crippen LogP contribution in [0.15, 0.2) is 66.9 Å². The summed E-state index contributed by atoms with van der Waals surface area (Å²) in [4.78, 5) is 16.6. The van der Waals surface area contributed by atoms with Gasteiger partial charge < -0.3 is 10.1 Å². The Bertz CT molecular complexity index is 920. The van der Waals surface area contributed by atoms with E-state index in [4.69, 9.17) is 4.74 Å². The Kier molecular flexibility index (Phi) is 6.79. The Balaban J connectivity index is 1.53. The first-order valence-electron chi connectivity index (χ1n) is 9.59. The lowest BCUT2D eigenvalue weighted by atomic mass is 10.1. The molecule has 0 saturated carbocycles. The molecule has 3 aromatic rings. The van der Waals surface area contributed by atoms with Crippen molar-refractivity contribution < 1.29 is 9.53 Å². The largest absolute Gasteiger partial charge is 0.485 e. The second-order valence-electron chi connectivity index (χ2n) is 6.95. The van der Waals surface area contributed by atoms with E-state index >= 15 is 0 Å². The molecule has 0 aliphatic carbocycles. The van der Waals surface area contributed by atoms with Gasteiger partial charge in [-0.1, -0.05) is 54.1 Å². The van der Waals surface area contributed by atoms with Crippen molar-refractivity contribution in [3.8, 4) is 5.75 Å². The molecule has 144 valence electrons. The van der Waals surface area contributed by atoms with Gasteiger partial charge in [0.1, 0.15) is 6.61 Å². The van der Waals surface area contributed by atoms with E-state index in [0.29, 0.717) is 24.6 Å². The summed E-state index contributed by atoms with van der Waals surface area (Å²) >= 11 is 0. The van der Waals surface area contributed by atoms with Crippen LogP contribution in [0.5, 0.6) is 5.75 Å². The van der Waals surface area contributed by atoms with E-state index < -0.39 is 0 Å². The molecule has 2 aromatic carbocycles. The van der Waals surface area contributed by atoms with E-state index in [1.54, 1.807) is 12.3 Å². The molecule has 0 aliphatic heterocycles. The minimum atomic E-state index is -0.0495. The van der Waals surface area contributed by atoms with Crippen molar-refractivity contribution in [2.45, 2.75) is 39.7 Å². The van der Waals surface area contributed by atoms with Crippen LogP contribution in [0.1, 0.15) is 35.1 Å². The molecule has 1 heterocycles. The lowest BCUT2D eigenvalue weighted by molar-refractivity contribution is -0.116. The SMILES string of the molecule is Cc1ccc(CCCC(=O)Nc2ncccc2OCc2ccccc2C)cc1. The Labute approximate surface area is 166 Å². The molecule has 0 atom stereocenters. The fourth-order valence-electron chi connectivity index (χ4n) is 2.93. The van der Waals surface area contributed by atoms with Gasteiger partial charge in [0.2, 0.25) is 5.91 Å². The number of carbonyl (C=O) groups excluding carboxylic acids is 1. The highest BCUT2D eigenvalue weighted by Gasteiger charge is 2.10. The number of benzene rings is 2. The van der Waals surface area contributed by atoms with E-state index in [0.717, 1.165) is 18.4 Å². The minimum Gasteiger partial charge on any atom is -0.485 e. The van der Waals surface area contributed by atoms with Gasteiger partial charge in [0, 0.05) is 12.6 Å². The number of nitrogens with zero attached hydrogens (tertiary/aromatic N) is 1. The summed E-state index contributed by atoms with van der Waals surface area (Å²) < 4.78 is 5.91. The molecule has 0 spiro atoms. The van der Waals surface area contributed by atoms with Crippen molar-refractivity contribution in [2.24, 2.45) is 0 Å². The fourth-order valence-corrected chi connectivity index (χ4v) is 2.93. The second-order valence-corrected chi connectivity index (χ2v) is 6.95. The van der Waals surface area contributed by atoms with Crippen LogP contribution in [0.4, 0.5) is 5.82 Å². The topological polar surface area (TPSA) is 51.2 Å². The summed E-state index contributed by atoms with van der Waals surface area (Å²) in [5, 5.41) is 2.88. The Morgan fingerprint density at radius 3 is 2.57 bits per heavy atom. The van der Waals surface area contributed by atoms with Crippen molar-refractivity contribution in [2.75, 3.05) is 5.32 Å². The predicted octanol–water partition coefficient (Wildman–Crippen LogP) is 5.24. The third kappa shape index (κ3) is 5.68. The lowest BCUT2D eigenvalue weighted by Crippen LogP contribution is -2.14. The molecule has 4 nitrogen and oxygen atoms in total. The Morgan fingerprint density at radius 1 is 1.00 bits per heavy atom. The number of nitrogens with one attached hydrogen (secondary N) is 1. The fraction of sp³-hybridized carbons (Fsp3) is 0.250. The van der Waals surface area contributed by atoms with Crippen LogP contribution >= 0.6 is 0 Å². The first-order valence-corrected chi connectivity index (χ1v) is 9.59. The van der Waals surface area contributed by atoms with Crippen molar-refractivity contribution in [3.63, 3.8) is 0 Å². The second kappa shape index (κ2) is 9.70. The average molecular weight is 374 g/mol. The number of pyridine rings is 1. The Hall–Kier alpha value is -3.14. The van der Waals surface area contributed by atoms with Gasteiger partial charge in [0.05, 0.1) is 0 Å². The van der Waals surface area contributed by atoms with Crippen LogP contribution in [-0.2, 0) is 17.8 Å². The number of anilines is 1. The predicted molar refractivity (Wildman–Crippen MR) is 112 cm³/mol. The number of aromatic nitrogens is 1. The van der Waals surface area contributed by atoms with Gasteiger partial charge in [0.15, 0.2) is 11.6 Å². The zero-order valence-corrected chi connectivity index (χ0v) is 16.4. The average Bonchev–Trinajstić information content (AvgIpc) is 2.70. The molecule has 1 N–H and O–H groups in total. The van der Waals surface area contributed by atoms with Gasteiger partial charge in [0.25, 0.3) is 0 Å². The number of amides is 1. The van der Waals surface area contributed by atoms with Crippen LogP contribution in [0.3, 0.4) is 0 Å². The third-order valence-corrected chi connectivity index (χ3v) is 4.66. The lowest BCUT2D eigenvalue weighted by Gasteiger charge is -2.12. The van der Waals surface area contributed by atoms with Crippen LogP contribution < -0.4 is 10.1 Å². The molecule has 3 rings (SSSR count). The molecule has 4 heteroatoms. The van der Waals surface area contributed by atoms with Gasteiger partial charge in [-0.15, -0.1) is 0 Å². The smallest absolute Gasteiger partial charge is 0.225 e. The number of hydrogen-bond acceptors (Lipinski definition) is 3. The van der Waals surface area contributed by atoms with Gasteiger partial charge in [-0.3, -0.25) is 4.79 Å². The van der Waals surface area contributed by atoms with Crippen molar-refractivity contribution in [1.29, 1.82) is 0 Å². The van der Waals surface area contributed by atoms with Crippen LogP contribution in [-0.4, -0.2) is 10.9 Å². The molecule has 0 saturated heterocycles. The highest BCUT2D eigenvalue weighted by Crippen LogP contribution is 2.23. The van der Waals surface area contributed by atoms with E-state index in [9.17, 15) is 4.79 Å². The normalized spacial score (nSPS) is 10.5. The van der Waals surface area contributed by atoms with E-state index in [1.807, 2.05) is 24.3 Å². The van der Waals surface area contributed by atoms with Gasteiger partial charge in [-0.25, -0.2) is 4.98 Å². The van der Waals surface area contributed by atoms with Crippen LogP contribution in [0.25, 0.3) is 0 Å². The van der Waals surface area contributed by atoms with E-state index in [2.05, 4.69) is 54.5 Å². The van der Waals surface area contributed by atoms with Gasteiger partial charge in [-0.05, 0) is 55.5 Å². The molecule has 1 aromatic heterocycles. The summed E-state index contributed by atoms with van der Waals surface area (Å²) in [7, 11) is 0. The maximum absolute atomic E-state index is 12.3. The molecule has 0 fully saturated rings. The quantitative estimate of drug-likeness (QED) is 0.587. The summed E-state index contributed by atoms with van der Waals surface area (Å²) in [5.41, 5.74) is 4.78. The van der Waals surface area contributed by atoms with Crippen LogP contribution in [0.2, 0.25) is 0 Å². The number of ether oxygens (including phenoxy) is 1. The molecule has 0 radical (unpaired) electrons. The van der Waals surface area contributed by atoms with Crippen molar-refractivity contribution >= 4 is 11.7 Å². The summed E-state index contributed by atoms with van der Waals surface area (Å²) in [5.74, 6) is 1.00. The first kappa shape index (κ1) is 19.6.